The Balaban J connectivity index is 2.25. The molecule has 2 rings (SSSR count). The first-order valence-corrected chi connectivity index (χ1v) is 7.27. The third kappa shape index (κ3) is 2.66. The average Bonchev–Trinajstić information content (AvgIpc) is 2.83. The summed E-state index contributed by atoms with van der Waals surface area (Å²) in [5, 5.41) is 0. The molecular formula is C16H24N2O2. The van der Waals surface area contributed by atoms with Crippen molar-refractivity contribution in [1.82, 2.24) is 4.90 Å². The van der Waals surface area contributed by atoms with Crippen molar-refractivity contribution in [3.63, 3.8) is 0 Å². The lowest BCUT2D eigenvalue weighted by atomic mass is 10.0. The lowest BCUT2D eigenvalue weighted by Gasteiger charge is -2.27. The van der Waals surface area contributed by atoms with Crippen LogP contribution in [0.1, 0.15) is 49.2 Å². The zero-order valence-corrected chi connectivity index (χ0v) is 12.8. The summed E-state index contributed by atoms with van der Waals surface area (Å²) in [5.41, 5.74) is 9.56. The quantitative estimate of drug-likeness (QED) is 0.678. The number of nitrogens with zero attached hydrogens (tertiary/aromatic N) is 1. The molecule has 0 amide bonds. The highest BCUT2D eigenvalue weighted by Crippen LogP contribution is 2.32. The van der Waals surface area contributed by atoms with Gasteiger partial charge in [0.1, 0.15) is 0 Å². The zero-order chi connectivity index (χ0) is 14.9. The van der Waals surface area contributed by atoms with Gasteiger partial charge in [0, 0.05) is 19.1 Å². The van der Waals surface area contributed by atoms with Crippen molar-refractivity contribution in [2.75, 3.05) is 12.3 Å². The topological polar surface area (TPSA) is 55.6 Å². The second-order valence-corrected chi connectivity index (χ2v) is 5.77. The molecule has 1 atom stereocenters. The van der Waals surface area contributed by atoms with Crippen LogP contribution in [0.5, 0.6) is 0 Å². The minimum absolute atomic E-state index is 0.330. The largest absolute Gasteiger partial charge is 0.462 e. The molecule has 0 fully saturated rings. The highest BCUT2D eigenvalue weighted by atomic mass is 16.5. The maximum absolute atomic E-state index is 11.9. The fraction of sp³-hybridized carbons (Fsp3) is 0.562. The van der Waals surface area contributed by atoms with Gasteiger partial charge >= 0.3 is 5.97 Å². The number of nitrogens with two attached hydrogens (primary N) is 1. The standard InChI is InChI=1S/C16H24N2O2/c1-5-20-16(19)13-7-6-12-8-18(11(4)10(2)3)9-14(12)15(13)17/h6-7,10-11H,5,8-9,17H2,1-4H3. The molecule has 1 aliphatic rings. The number of benzene rings is 1. The minimum Gasteiger partial charge on any atom is -0.462 e. The smallest absolute Gasteiger partial charge is 0.340 e. The lowest BCUT2D eigenvalue weighted by Crippen LogP contribution is -2.32. The average molecular weight is 276 g/mol. The first-order chi connectivity index (χ1) is 9.45. The van der Waals surface area contributed by atoms with Gasteiger partial charge in [0.15, 0.2) is 0 Å². The third-order valence-corrected chi connectivity index (χ3v) is 4.22. The number of hydrogen-bond donors (Lipinski definition) is 1. The maximum Gasteiger partial charge on any atom is 0.340 e. The number of esters is 1. The van der Waals surface area contributed by atoms with Gasteiger partial charge in [0.05, 0.1) is 17.9 Å². The van der Waals surface area contributed by atoms with E-state index in [4.69, 9.17) is 10.5 Å². The molecule has 1 unspecified atom stereocenters. The number of nitrogen functional groups attached to an aromatic ring is 1. The van der Waals surface area contributed by atoms with Crippen LogP contribution in [0.4, 0.5) is 5.69 Å². The van der Waals surface area contributed by atoms with Crippen LogP contribution in [0, 0.1) is 5.92 Å². The molecule has 1 heterocycles. The van der Waals surface area contributed by atoms with E-state index in [0.717, 1.165) is 18.7 Å². The van der Waals surface area contributed by atoms with E-state index in [1.54, 1.807) is 13.0 Å². The summed E-state index contributed by atoms with van der Waals surface area (Å²) >= 11 is 0. The van der Waals surface area contributed by atoms with Gasteiger partial charge in [-0.05, 0) is 37.0 Å². The van der Waals surface area contributed by atoms with Crippen LogP contribution >= 0.6 is 0 Å². The number of ether oxygens (including phenoxy) is 1. The maximum atomic E-state index is 11.9. The molecule has 0 saturated heterocycles. The van der Waals surface area contributed by atoms with E-state index in [1.807, 2.05) is 6.07 Å². The molecule has 4 nitrogen and oxygen atoms in total. The Kier molecular flexibility index (Phi) is 4.33. The predicted molar refractivity (Wildman–Crippen MR) is 80.4 cm³/mol. The lowest BCUT2D eigenvalue weighted by molar-refractivity contribution is 0.0527. The van der Waals surface area contributed by atoms with Crippen LogP contribution in [-0.2, 0) is 17.8 Å². The second-order valence-electron chi connectivity index (χ2n) is 5.77. The summed E-state index contributed by atoms with van der Waals surface area (Å²) in [4.78, 5) is 14.3. The zero-order valence-electron chi connectivity index (χ0n) is 12.8. The SMILES string of the molecule is CCOC(=O)c1ccc2c(c1N)CN(C(C)C(C)C)C2. The highest BCUT2D eigenvalue weighted by molar-refractivity contribution is 5.96. The first kappa shape index (κ1) is 14.9. The Morgan fingerprint density at radius 1 is 1.35 bits per heavy atom. The van der Waals surface area contributed by atoms with Gasteiger partial charge in [-0.15, -0.1) is 0 Å². The first-order valence-electron chi connectivity index (χ1n) is 7.27. The van der Waals surface area contributed by atoms with E-state index in [2.05, 4.69) is 25.7 Å². The molecule has 1 aromatic carbocycles. The Morgan fingerprint density at radius 2 is 2.05 bits per heavy atom. The number of rotatable bonds is 4. The van der Waals surface area contributed by atoms with E-state index in [-0.39, 0.29) is 5.97 Å². The van der Waals surface area contributed by atoms with Crippen LogP contribution in [0.25, 0.3) is 0 Å². The Morgan fingerprint density at radius 3 is 2.65 bits per heavy atom. The number of carbonyl (C=O) groups is 1. The van der Waals surface area contributed by atoms with Crippen LogP contribution in [0.2, 0.25) is 0 Å². The van der Waals surface area contributed by atoms with E-state index >= 15 is 0 Å². The van der Waals surface area contributed by atoms with Gasteiger partial charge in [0.2, 0.25) is 0 Å². The number of fused-ring (bicyclic) bond motifs is 1. The van der Waals surface area contributed by atoms with Crippen LogP contribution in [-0.4, -0.2) is 23.5 Å². The Bertz CT molecular complexity index is 511. The molecule has 1 aliphatic heterocycles. The molecule has 0 bridgehead atoms. The van der Waals surface area contributed by atoms with Crippen molar-refractivity contribution >= 4 is 11.7 Å². The van der Waals surface area contributed by atoms with Crippen LogP contribution in [0.15, 0.2) is 12.1 Å². The summed E-state index contributed by atoms with van der Waals surface area (Å²) in [5.74, 6) is 0.262. The van der Waals surface area contributed by atoms with E-state index in [1.165, 1.54) is 5.56 Å². The van der Waals surface area contributed by atoms with E-state index in [0.29, 0.717) is 29.8 Å². The molecule has 4 heteroatoms. The summed E-state index contributed by atoms with van der Waals surface area (Å²) < 4.78 is 5.05. The predicted octanol–water partition coefficient (Wildman–Crippen LogP) is 2.81. The van der Waals surface area contributed by atoms with Gasteiger partial charge in [-0.1, -0.05) is 19.9 Å². The third-order valence-electron chi connectivity index (χ3n) is 4.22. The summed E-state index contributed by atoms with van der Waals surface area (Å²) in [7, 11) is 0. The van der Waals surface area contributed by atoms with E-state index in [9.17, 15) is 4.79 Å². The van der Waals surface area contributed by atoms with Gasteiger partial charge in [-0.3, -0.25) is 4.90 Å². The highest BCUT2D eigenvalue weighted by Gasteiger charge is 2.28. The van der Waals surface area contributed by atoms with Gasteiger partial charge < -0.3 is 10.5 Å². The molecule has 0 spiro atoms. The van der Waals surface area contributed by atoms with Crippen molar-refractivity contribution in [2.45, 2.75) is 46.8 Å². The number of carbonyl (C=O) groups excluding carboxylic acids is 1. The molecule has 2 N–H and O–H groups in total. The monoisotopic (exact) mass is 276 g/mol. The fourth-order valence-electron chi connectivity index (χ4n) is 2.62. The van der Waals surface area contributed by atoms with Gasteiger partial charge in [-0.25, -0.2) is 4.79 Å². The van der Waals surface area contributed by atoms with Crippen molar-refractivity contribution < 1.29 is 9.53 Å². The van der Waals surface area contributed by atoms with Crippen molar-refractivity contribution in [3.05, 3.63) is 28.8 Å². The molecule has 0 aromatic heterocycles. The van der Waals surface area contributed by atoms with Gasteiger partial charge in [-0.2, -0.15) is 0 Å². The molecule has 20 heavy (non-hydrogen) atoms. The number of hydrogen-bond acceptors (Lipinski definition) is 4. The molecule has 110 valence electrons. The number of anilines is 1. The van der Waals surface area contributed by atoms with Gasteiger partial charge in [0.25, 0.3) is 0 Å². The summed E-state index contributed by atoms with van der Waals surface area (Å²) in [6.45, 7) is 10.6. The molecule has 0 saturated carbocycles. The Labute approximate surface area is 120 Å². The fourth-order valence-corrected chi connectivity index (χ4v) is 2.62. The normalized spacial score (nSPS) is 16.2. The Hall–Kier alpha value is -1.55. The van der Waals surface area contributed by atoms with Crippen molar-refractivity contribution in [2.24, 2.45) is 5.92 Å². The molecular weight excluding hydrogens is 252 g/mol. The summed E-state index contributed by atoms with van der Waals surface area (Å²) in [6, 6.07) is 4.29. The van der Waals surface area contributed by atoms with E-state index < -0.39 is 0 Å². The van der Waals surface area contributed by atoms with Crippen LogP contribution < -0.4 is 5.73 Å². The summed E-state index contributed by atoms with van der Waals surface area (Å²) in [6.07, 6.45) is 0. The second kappa shape index (κ2) is 5.83. The van der Waals surface area contributed by atoms with Crippen LogP contribution in [0.3, 0.4) is 0 Å². The molecule has 0 aliphatic carbocycles. The molecule has 0 radical (unpaired) electrons. The van der Waals surface area contributed by atoms with Crippen molar-refractivity contribution in [1.29, 1.82) is 0 Å². The van der Waals surface area contributed by atoms with Crippen molar-refractivity contribution in [3.8, 4) is 0 Å². The minimum atomic E-state index is -0.330. The molecule has 1 aromatic rings.